The average molecular weight is 342 g/mol. The first kappa shape index (κ1) is 18.4. The quantitative estimate of drug-likeness (QED) is 0.588. The van der Waals surface area contributed by atoms with E-state index in [0.29, 0.717) is 0 Å². The molecule has 0 fully saturated rings. The number of amides is 1. The van der Waals surface area contributed by atoms with Crippen LogP contribution in [0.15, 0.2) is 54.6 Å². The van der Waals surface area contributed by atoms with E-state index >= 15 is 0 Å². The van der Waals surface area contributed by atoms with Gasteiger partial charge in [-0.1, -0.05) is 42.5 Å². The number of hydrogen-bond donors (Lipinski definition) is 1. The topological polar surface area (TPSA) is 81.5 Å². The first-order valence-corrected chi connectivity index (χ1v) is 8.21. The summed E-state index contributed by atoms with van der Waals surface area (Å²) in [6.45, 7) is 3.51. The molecule has 0 saturated carbocycles. The molecule has 0 bridgehead atoms. The highest BCUT2D eigenvalue weighted by atomic mass is 16.6. The number of rotatable bonds is 8. The first-order valence-electron chi connectivity index (χ1n) is 8.21. The molecule has 0 radical (unpaired) electrons. The third kappa shape index (κ3) is 5.60. The number of nitrogens with one attached hydrogen (secondary N) is 1. The van der Waals surface area contributed by atoms with Crippen LogP contribution >= 0.6 is 0 Å². The van der Waals surface area contributed by atoms with Crippen LogP contribution in [0.5, 0.6) is 5.75 Å². The summed E-state index contributed by atoms with van der Waals surface area (Å²) in [7, 11) is 0. The van der Waals surface area contributed by atoms with Gasteiger partial charge in [-0.3, -0.25) is 14.9 Å². The fraction of sp³-hybridized carbons (Fsp3) is 0.316. The van der Waals surface area contributed by atoms with Gasteiger partial charge in [-0.05, 0) is 38.3 Å². The fourth-order valence-electron chi connectivity index (χ4n) is 2.41. The molecule has 2 aromatic carbocycles. The number of aryl methyl sites for hydroxylation is 1. The van der Waals surface area contributed by atoms with Crippen molar-refractivity contribution in [2.24, 2.45) is 0 Å². The van der Waals surface area contributed by atoms with Gasteiger partial charge in [0.2, 0.25) is 0 Å². The zero-order valence-corrected chi connectivity index (χ0v) is 14.3. The molecule has 1 N–H and O–H groups in total. The summed E-state index contributed by atoms with van der Waals surface area (Å²) < 4.78 is 5.48. The summed E-state index contributed by atoms with van der Waals surface area (Å²) in [6.07, 6.45) is 0.843. The summed E-state index contributed by atoms with van der Waals surface area (Å²) in [5, 5.41) is 13.9. The Morgan fingerprint density at radius 2 is 1.76 bits per heavy atom. The molecule has 2 rings (SSSR count). The van der Waals surface area contributed by atoms with Crippen molar-refractivity contribution in [2.75, 3.05) is 0 Å². The van der Waals surface area contributed by atoms with Crippen molar-refractivity contribution < 1.29 is 14.5 Å². The molecule has 2 atom stereocenters. The number of benzene rings is 2. The second-order valence-electron chi connectivity index (χ2n) is 5.92. The summed E-state index contributed by atoms with van der Waals surface area (Å²) in [5.41, 5.74) is 1.06. The largest absolute Gasteiger partial charge is 0.474 e. The van der Waals surface area contributed by atoms with Crippen molar-refractivity contribution >= 4 is 11.6 Å². The minimum absolute atomic E-state index is 0.0236. The van der Waals surface area contributed by atoms with Crippen LogP contribution in [-0.2, 0) is 11.2 Å². The van der Waals surface area contributed by atoms with Crippen LogP contribution in [-0.4, -0.2) is 23.0 Å². The van der Waals surface area contributed by atoms with Crippen molar-refractivity contribution in [3.63, 3.8) is 0 Å². The Kier molecular flexibility index (Phi) is 6.51. The molecule has 0 heterocycles. The molecule has 0 aliphatic heterocycles. The average Bonchev–Trinajstić information content (AvgIpc) is 2.61. The van der Waals surface area contributed by atoms with Gasteiger partial charge in [0, 0.05) is 12.1 Å². The molecule has 0 aliphatic rings. The van der Waals surface area contributed by atoms with Gasteiger partial charge in [0.05, 0.1) is 4.92 Å². The van der Waals surface area contributed by atoms with Crippen LogP contribution in [0.25, 0.3) is 0 Å². The van der Waals surface area contributed by atoms with Crippen LogP contribution in [0.3, 0.4) is 0 Å². The van der Waals surface area contributed by atoms with E-state index in [1.54, 1.807) is 19.1 Å². The maximum atomic E-state index is 12.2. The zero-order chi connectivity index (χ0) is 18.2. The number of ether oxygens (including phenoxy) is 1. The second-order valence-corrected chi connectivity index (χ2v) is 5.92. The van der Waals surface area contributed by atoms with Gasteiger partial charge in [0.15, 0.2) is 11.9 Å². The van der Waals surface area contributed by atoms with Crippen molar-refractivity contribution in [1.29, 1.82) is 0 Å². The number of carbonyl (C=O) groups is 1. The van der Waals surface area contributed by atoms with Gasteiger partial charge in [0.25, 0.3) is 5.91 Å². The molecular weight excluding hydrogens is 320 g/mol. The molecular formula is C19H22N2O4. The van der Waals surface area contributed by atoms with Crippen molar-refractivity contribution in [1.82, 2.24) is 5.32 Å². The third-order valence-electron chi connectivity index (χ3n) is 3.83. The number of nitro groups is 1. The fourth-order valence-corrected chi connectivity index (χ4v) is 2.41. The summed E-state index contributed by atoms with van der Waals surface area (Å²) >= 11 is 0. The van der Waals surface area contributed by atoms with Crippen LogP contribution in [0.4, 0.5) is 5.69 Å². The zero-order valence-electron chi connectivity index (χ0n) is 14.3. The Balaban J connectivity index is 1.86. The van der Waals surface area contributed by atoms with Crippen molar-refractivity contribution in [3.05, 3.63) is 70.3 Å². The van der Waals surface area contributed by atoms with E-state index in [2.05, 4.69) is 17.4 Å². The highest BCUT2D eigenvalue weighted by Gasteiger charge is 2.21. The molecule has 0 aromatic heterocycles. The Morgan fingerprint density at radius 1 is 1.12 bits per heavy atom. The summed E-state index contributed by atoms with van der Waals surface area (Å²) in [5.74, 6) is -0.203. The molecule has 25 heavy (non-hydrogen) atoms. The van der Waals surface area contributed by atoms with Crippen molar-refractivity contribution in [2.45, 2.75) is 38.8 Å². The van der Waals surface area contributed by atoms with Crippen LogP contribution in [0, 0.1) is 10.1 Å². The first-order chi connectivity index (χ1) is 12.0. The molecule has 132 valence electrons. The van der Waals surface area contributed by atoms with Crippen LogP contribution < -0.4 is 10.1 Å². The summed E-state index contributed by atoms with van der Waals surface area (Å²) in [6, 6.07) is 16.0. The maximum absolute atomic E-state index is 12.2. The Hall–Kier alpha value is -2.89. The highest BCUT2D eigenvalue weighted by Crippen LogP contribution is 2.26. The van der Waals surface area contributed by atoms with Crippen LogP contribution in [0.2, 0.25) is 0 Å². The van der Waals surface area contributed by atoms with E-state index in [4.69, 9.17) is 4.74 Å². The second kappa shape index (κ2) is 8.82. The maximum Gasteiger partial charge on any atom is 0.310 e. The lowest BCUT2D eigenvalue weighted by atomic mass is 10.1. The van der Waals surface area contributed by atoms with Gasteiger partial charge in [-0.2, -0.15) is 0 Å². The standard InChI is InChI=1S/C19H22N2O4/c1-14(12-13-16-8-4-3-5-9-16)20-19(22)15(2)25-18-11-7-6-10-17(18)21(23)24/h3-11,14-15H,12-13H2,1-2H3,(H,20,22)/t14-,15-/m0/s1. The van der Waals surface area contributed by atoms with Crippen LogP contribution in [0.1, 0.15) is 25.8 Å². The monoisotopic (exact) mass is 342 g/mol. The minimum Gasteiger partial charge on any atom is -0.474 e. The number of nitro benzene ring substituents is 1. The number of carbonyl (C=O) groups excluding carboxylic acids is 1. The number of nitrogens with zero attached hydrogens (tertiary/aromatic N) is 1. The minimum atomic E-state index is -0.819. The number of para-hydroxylation sites is 2. The summed E-state index contributed by atoms with van der Waals surface area (Å²) in [4.78, 5) is 22.7. The van der Waals surface area contributed by atoms with E-state index in [0.717, 1.165) is 12.8 Å². The molecule has 6 nitrogen and oxygen atoms in total. The number of hydrogen-bond acceptors (Lipinski definition) is 4. The molecule has 6 heteroatoms. The van der Waals surface area contributed by atoms with Gasteiger partial charge < -0.3 is 10.1 Å². The SMILES string of the molecule is C[C@H](Oc1ccccc1[N+](=O)[O-])C(=O)N[C@@H](C)CCc1ccccc1. The van der Waals surface area contributed by atoms with E-state index in [-0.39, 0.29) is 23.4 Å². The Labute approximate surface area is 147 Å². The molecule has 0 saturated heterocycles. The lowest BCUT2D eigenvalue weighted by Gasteiger charge is -2.18. The highest BCUT2D eigenvalue weighted by molar-refractivity contribution is 5.81. The van der Waals surface area contributed by atoms with E-state index in [1.807, 2.05) is 25.1 Å². The molecule has 1 amide bonds. The normalized spacial score (nSPS) is 12.9. The molecule has 0 spiro atoms. The van der Waals surface area contributed by atoms with Crippen molar-refractivity contribution in [3.8, 4) is 5.75 Å². The van der Waals surface area contributed by atoms with Gasteiger partial charge in [0.1, 0.15) is 0 Å². The lowest BCUT2D eigenvalue weighted by molar-refractivity contribution is -0.386. The van der Waals surface area contributed by atoms with Gasteiger partial charge in [-0.25, -0.2) is 0 Å². The molecule has 0 unspecified atom stereocenters. The van der Waals surface area contributed by atoms with E-state index in [9.17, 15) is 14.9 Å². The predicted octanol–water partition coefficient (Wildman–Crippen LogP) is 3.50. The van der Waals surface area contributed by atoms with Gasteiger partial charge >= 0.3 is 5.69 Å². The molecule has 0 aliphatic carbocycles. The van der Waals surface area contributed by atoms with E-state index < -0.39 is 11.0 Å². The Bertz CT molecular complexity index is 718. The van der Waals surface area contributed by atoms with E-state index in [1.165, 1.54) is 17.7 Å². The Morgan fingerprint density at radius 3 is 2.44 bits per heavy atom. The predicted molar refractivity (Wildman–Crippen MR) is 95.6 cm³/mol. The third-order valence-corrected chi connectivity index (χ3v) is 3.83. The van der Waals surface area contributed by atoms with Gasteiger partial charge in [-0.15, -0.1) is 0 Å². The smallest absolute Gasteiger partial charge is 0.310 e. The molecule has 2 aromatic rings. The lowest BCUT2D eigenvalue weighted by Crippen LogP contribution is -2.41.